The smallest absolute Gasteiger partial charge is 0.243 e. The minimum Gasteiger partial charge on any atom is -0.329 e. The van der Waals surface area contributed by atoms with Gasteiger partial charge < -0.3 is 5.73 Å². The Morgan fingerprint density at radius 2 is 1.73 bits per heavy atom. The van der Waals surface area contributed by atoms with Gasteiger partial charge in [0.2, 0.25) is 20.0 Å². The van der Waals surface area contributed by atoms with E-state index in [1.165, 1.54) is 35.6 Å². The van der Waals surface area contributed by atoms with Crippen LogP contribution in [-0.2, 0) is 20.0 Å². The maximum atomic E-state index is 12.7. The molecule has 22 heavy (non-hydrogen) atoms. The van der Waals surface area contributed by atoms with E-state index in [4.69, 9.17) is 5.73 Å². The molecule has 1 aromatic rings. The Kier molecular flexibility index (Phi) is 5.23. The lowest BCUT2D eigenvalue weighted by Gasteiger charge is -2.33. The number of nitrogens with two attached hydrogens (primary N) is 1. The molecular formula is C13H21N3O4S2. The number of piperidine rings is 1. The van der Waals surface area contributed by atoms with E-state index in [0.717, 1.165) is 19.3 Å². The first-order chi connectivity index (χ1) is 10.3. The summed E-state index contributed by atoms with van der Waals surface area (Å²) in [4.78, 5) is 0.117. The first-order valence-corrected chi connectivity index (χ1v) is 10.0. The summed E-state index contributed by atoms with van der Waals surface area (Å²) in [6, 6.07) is 5.03. The molecule has 9 heteroatoms. The van der Waals surface area contributed by atoms with Crippen molar-refractivity contribution in [3.05, 3.63) is 24.3 Å². The van der Waals surface area contributed by atoms with Crippen molar-refractivity contribution < 1.29 is 16.8 Å². The fourth-order valence-electron chi connectivity index (χ4n) is 2.57. The second-order valence-corrected chi connectivity index (χ2v) is 8.96. The van der Waals surface area contributed by atoms with Crippen LogP contribution in [0.3, 0.4) is 0 Å². The SMILES string of the molecule is CNS(=O)(=O)c1ccc(S(=O)(=O)N2CCCCC2CN)cc1. The highest BCUT2D eigenvalue weighted by molar-refractivity contribution is 7.89. The van der Waals surface area contributed by atoms with E-state index in [-0.39, 0.29) is 22.4 Å². The second kappa shape index (κ2) is 6.63. The second-order valence-electron chi connectivity index (χ2n) is 5.18. The molecule has 1 unspecified atom stereocenters. The molecule has 1 aliphatic heterocycles. The monoisotopic (exact) mass is 347 g/mol. The summed E-state index contributed by atoms with van der Waals surface area (Å²) in [5.41, 5.74) is 5.67. The molecule has 0 aromatic heterocycles. The molecule has 1 fully saturated rings. The lowest BCUT2D eigenvalue weighted by molar-refractivity contribution is 0.257. The van der Waals surface area contributed by atoms with E-state index < -0.39 is 20.0 Å². The van der Waals surface area contributed by atoms with Gasteiger partial charge in [-0.3, -0.25) is 0 Å². The van der Waals surface area contributed by atoms with E-state index in [0.29, 0.717) is 6.54 Å². The number of benzene rings is 1. The minimum atomic E-state index is -3.65. The van der Waals surface area contributed by atoms with Gasteiger partial charge in [0.05, 0.1) is 9.79 Å². The molecule has 124 valence electrons. The fraction of sp³-hybridized carbons (Fsp3) is 0.538. The van der Waals surface area contributed by atoms with E-state index >= 15 is 0 Å². The van der Waals surface area contributed by atoms with Gasteiger partial charge in [0.1, 0.15) is 0 Å². The molecule has 0 radical (unpaired) electrons. The third-order valence-corrected chi connectivity index (χ3v) is 7.25. The molecule has 3 N–H and O–H groups in total. The Labute approximate surface area is 131 Å². The number of nitrogens with zero attached hydrogens (tertiary/aromatic N) is 1. The van der Waals surface area contributed by atoms with Gasteiger partial charge in [0.15, 0.2) is 0 Å². The molecule has 1 saturated heterocycles. The quantitative estimate of drug-likeness (QED) is 0.785. The predicted molar refractivity (Wildman–Crippen MR) is 83.3 cm³/mol. The normalized spacial score (nSPS) is 20.9. The van der Waals surface area contributed by atoms with Crippen LogP contribution >= 0.6 is 0 Å². The Hall–Kier alpha value is -1.00. The van der Waals surface area contributed by atoms with Gasteiger partial charge in [-0.1, -0.05) is 6.42 Å². The molecule has 0 aliphatic carbocycles. The lowest BCUT2D eigenvalue weighted by atomic mass is 10.1. The van der Waals surface area contributed by atoms with Crippen LogP contribution < -0.4 is 10.5 Å². The Morgan fingerprint density at radius 1 is 1.14 bits per heavy atom. The fourth-order valence-corrected chi connectivity index (χ4v) is 5.00. The standard InChI is InChI=1S/C13H21N3O4S2/c1-15-21(17,18)12-5-7-13(8-6-12)22(19,20)16-9-3-2-4-11(16)10-14/h5-8,11,15H,2-4,9-10,14H2,1H3. The predicted octanol–water partition coefficient (Wildman–Crippen LogP) is 0.0966. The van der Waals surface area contributed by atoms with Crippen molar-refractivity contribution in [2.45, 2.75) is 35.1 Å². The highest BCUT2D eigenvalue weighted by Crippen LogP contribution is 2.25. The molecule has 1 aliphatic rings. The zero-order valence-corrected chi connectivity index (χ0v) is 14.0. The van der Waals surface area contributed by atoms with Gasteiger partial charge in [-0.05, 0) is 44.2 Å². The van der Waals surface area contributed by atoms with E-state index in [2.05, 4.69) is 4.72 Å². The van der Waals surface area contributed by atoms with Crippen molar-refractivity contribution in [1.29, 1.82) is 0 Å². The van der Waals surface area contributed by atoms with Gasteiger partial charge in [0, 0.05) is 19.1 Å². The average Bonchev–Trinajstić information content (AvgIpc) is 2.54. The summed E-state index contributed by atoms with van der Waals surface area (Å²) in [6.07, 6.45) is 2.52. The highest BCUT2D eigenvalue weighted by Gasteiger charge is 2.32. The molecule has 2 rings (SSSR count). The summed E-state index contributed by atoms with van der Waals surface area (Å²) in [5, 5.41) is 0. The Morgan fingerprint density at radius 3 is 2.27 bits per heavy atom. The van der Waals surface area contributed by atoms with Crippen LogP contribution in [-0.4, -0.2) is 47.3 Å². The van der Waals surface area contributed by atoms with Crippen LogP contribution in [0.2, 0.25) is 0 Å². The van der Waals surface area contributed by atoms with Crippen molar-refractivity contribution in [3.63, 3.8) is 0 Å². The maximum absolute atomic E-state index is 12.7. The van der Waals surface area contributed by atoms with Crippen LogP contribution in [0.1, 0.15) is 19.3 Å². The zero-order chi connectivity index (χ0) is 16.4. The average molecular weight is 347 g/mol. The number of nitrogens with one attached hydrogen (secondary N) is 1. The third-order valence-electron chi connectivity index (χ3n) is 3.85. The summed E-state index contributed by atoms with van der Waals surface area (Å²) in [7, 11) is -5.93. The van der Waals surface area contributed by atoms with Gasteiger partial charge in [-0.15, -0.1) is 0 Å². The van der Waals surface area contributed by atoms with Gasteiger partial charge in [0.25, 0.3) is 0 Å². The molecule has 0 bridgehead atoms. The lowest BCUT2D eigenvalue weighted by Crippen LogP contribution is -2.47. The summed E-state index contributed by atoms with van der Waals surface area (Å²) < 4.78 is 52.4. The third kappa shape index (κ3) is 3.33. The molecule has 0 saturated carbocycles. The largest absolute Gasteiger partial charge is 0.329 e. The van der Waals surface area contributed by atoms with Gasteiger partial charge in [-0.25, -0.2) is 21.6 Å². The number of hydrogen-bond acceptors (Lipinski definition) is 5. The first-order valence-electron chi connectivity index (χ1n) is 7.08. The van der Waals surface area contributed by atoms with E-state index in [1.807, 2.05) is 0 Å². The van der Waals surface area contributed by atoms with E-state index in [1.54, 1.807) is 0 Å². The van der Waals surface area contributed by atoms with Crippen molar-refractivity contribution >= 4 is 20.0 Å². The van der Waals surface area contributed by atoms with Crippen molar-refractivity contribution in [2.75, 3.05) is 20.1 Å². The van der Waals surface area contributed by atoms with Crippen LogP contribution in [0.5, 0.6) is 0 Å². The summed E-state index contributed by atoms with van der Waals surface area (Å²) in [6.45, 7) is 0.728. The number of sulfonamides is 2. The first kappa shape index (κ1) is 17.4. The van der Waals surface area contributed by atoms with E-state index in [9.17, 15) is 16.8 Å². The molecule has 7 nitrogen and oxygen atoms in total. The topological polar surface area (TPSA) is 110 Å². The van der Waals surface area contributed by atoms with Crippen molar-refractivity contribution in [3.8, 4) is 0 Å². The van der Waals surface area contributed by atoms with Crippen LogP contribution in [0.25, 0.3) is 0 Å². The molecular weight excluding hydrogens is 326 g/mol. The van der Waals surface area contributed by atoms with Crippen molar-refractivity contribution in [2.24, 2.45) is 5.73 Å². The van der Waals surface area contributed by atoms with Crippen molar-refractivity contribution in [1.82, 2.24) is 9.03 Å². The highest BCUT2D eigenvalue weighted by atomic mass is 32.2. The molecule has 0 amide bonds. The summed E-state index contributed by atoms with van der Waals surface area (Å²) >= 11 is 0. The van der Waals surface area contributed by atoms with Gasteiger partial charge >= 0.3 is 0 Å². The maximum Gasteiger partial charge on any atom is 0.243 e. The van der Waals surface area contributed by atoms with Crippen LogP contribution in [0, 0.1) is 0 Å². The van der Waals surface area contributed by atoms with Crippen LogP contribution in [0.15, 0.2) is 34.1 Å². The zero-order valence-electron chi connectivity index (χ0n) is 12.4. The number of rotatable bonds is 5. The summed E-state index contributed by atoms with van der Waals surface area (Å²) in [5.74, 6) is 0. The molecule has 1 aromatic carbocycles. The van der Waals surface area contributed by atoms with Crippen LogP contribution in [0.4, 0.5) is 0 Å². The number of hydrogen-bond donors (Lipinski definition) is 2. The Bertz CT molecular complexity index is 714. The molecule has 1 heterocycles. The van der Waals surface area contributed by atoms with Gasteiger partial charge in [-0.2, -0.15) is 4.31 Å². The minimum absolute atomic E-state index is 0.0305. The molecule has 0 spiro atoms. The molecule has 1 atom stereocenters. The Balaban J connectivity index is 2.34.